The van der Waals surface area contributed by atoms with Gasteiger partial charge in [-0.05, 0) is 44.1 Å². The summed E-state index contributed by atoms with van der Waals surface area (Å²) in [6.07, 6.45) is 8.04. The molecule has 0 amide bonds. The topological polar surface area (TPSA) is 72.8 Å². The molecule has 5 nitrogen and oxygen atoms in total. The highest BCUT2D eigenvalue weighted by atomic mass is 16.1. The number of fused-ring (bicyclic) bond motifs is 1. The molecule has 0 aromatic carbocycles. The van der Waals surface area contributed by atoms with Crippen LogP contribution < -0.4 is 10.5 Å². The summed E-state index contributed by atoms with van der Waals surface area (Å²) in [4.78, 5) is 21.6. The molecule has 0 radical (unpaired) electrons. The first-order valence-corrected chi connectivity index (χ1v) is 8.30. The van der Waals surface area contributed by atoms with Crippen LogP contribution in [0.15, 0.2) is 17.1 Å². The van der Waals surface area contributed by atoms with E-state index in [-0.39, 0.29) is 11.1 Å². The van der Waals surface area contributed by atoms with E-state index in [1.54, 1.807) is 6.20 Å². The van der Waals surface area contributed by atoms with E-state index >= 15 is 0 Å². The quantitative estimate of drug-likeness (QED) is 0.879. The van der Waals surface area contributed by atoms with Gasteiger partial charge in [0.1, 0.15) is 11.6 Å². The van der Waals surface area contributed by atoms with Crippen molar-refractivity contribution >= 4 is 16.6 Å². The minimum Gasteiger partial charge on any atom is -0.370 e. The first-order chi connectivity index (χ1) is 11.1. The summed E-state index contributed by atoms with van der Waals surface area (Å²) in [5.74, 6) is 0. The zero-order valence-electron chi connectivity index (χ0n) is 13.4. The SMILES string of the molecule is Cc1cc2c(N3CCC4(CCC4)CC3)c(C#N)c(=O)[nH]c2cn1. The number of nitrogens with one attached hydrogen (secondary N) is 1. The van der Waals surface area contributed by atoms with Crippen LogP contribution in [0.1, 0.15) is 43.4 Å². The van der Waals surface area contributed by atoms with Gasteiger partial charge >= 0.3 is 0 Å². The molecule has 1 aliphatic carbocycles. The number of aromatic amines is 1. The number of aryl methyl sites for hydroxylation is 1. The van der Waals surface area contributed by atoms with Gasteiger partial charge in [0.25, 0.3) is 5.56 Å². The summed E-state index contributed by atoms with van der Waals surface area (Å²) in [7, 11) is 0. The van der Waals surface area contributed by atoms with Crippen LogP contribution in [0.3, 0.4) is 0 Å². The predicted molar refractivity (Wildman–Crippen MR) is 89.5 cm³/mol. The molecule has 2 fully saturated rings. The normalized spacial score (nSPS) is 19.6. The zero-order chi connectivity index (χ0) is 16.0. The Morgan fingerprint density at radius 2 is 2.04 bits per heavy atom. The van der Waals surface area contributed by atoms with E-state index in [2.05, 4.69) is 20.9 Å². The van der Waals surface area contributed by atoms with E-state index in [0.29, 0.717) is 10.9 Å². The molecule has 2 aromatic heterocycles. The summed E-state index contributed by atoms with van der Waals surface area (Å²) < 4.78 is 0. The number of aromatic nitrogens is 2. The van der Waals surface area contributed by atoms with Gasteiger partial charge < -0.3 is 9.88 Å². The standard InChI is InChI=1S/C18H20N4O/c1-12-9-13-15(11-20-12)21-17(23)14(10-19)16(13)22-7-5-18(6-8-22)3-2-4-18/h9,11H,2-8H2,1H3,(H,21,23). The van der Waals surface area contributed by atoms with Crippen molar-refractivity contribution in [2.24, 2.45) is 5.41 Å². The molecule has 1 N–H and O–H groups in total. The Kier molecular flexibility index (Phi) is 3.15. The second kappa shape index (κ2) is 5.09. The van der Waals surface area contributed by atoms with Crippen LogP contribution in [0.2, 0.25) is 0 Å². The molecule has 5 heteroatoms. The largest absolute Gasteiger partial charge is 0.370 e. The van der Waals surface area contributed by atoms with Gasteiger partial charge in [0.15, 0.2) is 0 Å². The van der Waals surface area contributed by atoms with Crippen molar-refractivity contribution in [3.63, 3.8) is 0 Å². The maximum Gasteiger partial charge on any atom is 0.268 e. The van der Waals surface area contributed by atoms with Gasteiger partial charge in [-0.3, -0.25) is 9.78 Å². The third-order valence-electron chi connectivity index (χ3n) is 5.67. The van der Waals surface area contributed by atoms with Crippen molar-refractivity contribution in [1.82, 2.24) is 9.97 Å². The molecule has 0 bridgehead atoms. The molecule has 4 rings (SSSR count). The summed E-state index contributed by atoms with van der Waals surface area (Å²) in [5.41, 5.74) is 2.85. The fraction of sp³-hybridized carbons (Fsp3) is 0.500. The highest BCUT2D eigenvalue weighted by Gasteiger charge is 2.40. The average Bonchev–Trinajstić information content (AvgIpc) is 2.53. The lowest BCUT2D eigenvalue weighted by molar-refractivity contribution is 0.0956. The molecule has 0 unspecified atom stereocenters. The second-order valence-electron chi connectivity index (χ2n) is 7.00. The fourth-order valence-electron chi connectivity index (χ4n) is 4.10. The summed E-state index contributed by atoms with van der Waals surface area (Å²) in [6.45, 7) is 3.78. The molecule has 2 aromatic rings. The van der Waals surface area contributed by atoms with Gasteiger partial charge in [0.05, 0.1) is 17.4 Å². The number of H-pyrrole nitrogens is 1. The van der Waals surface area contributed by atoms with Gasteiger partial charge in [-0.2, -0.15) is 5.26 Å². The molecular formula is C18H20N4O. The van der Waals surface area contributed by atoms with Crippen molar-refractivity contribution in [3.05, 3.63) is 33.9 Å². The lowest BCUT2D eigenvalue weighted by Gasteiger charge is -2.48. The van der Waals surface area contributed by atoms with Gasteiger partial charge in [0, 0.05) is 24.2 Å². The third-order valence-corrected chi connectivity index (χ3v) is 5.67. The van der Waals surface area contributed by atoms with E-state index < -0.39 is 0 Å². The van der Waals surface area contributed by atoms with Crippen molar-refractivity contribution in [2.75, 3.05) is 18.0 Å². The van der Waals surface area contributed by atoms with Crippen molar-refractivity contribution < 1.29 is 0 Å². The fourth-order valence-corrected chi connectivity index (χ4v) is 4.10. The van der Waals surface area contributed by atoms with Crippen LogP contribution in [0, 0.1) is 23.7 Å². The van der Waals surface area contributed by atoms with Crippen molar-refractivity contribution in [2.45, 2.75) is 39.0 Å². The van der Waals surface area contributed by atoms with E-state index in [0.717, 1.165) is 42.7 Å². The maximum atomic E-state index is 12.3. The Labute approximate surface area is 135 Å². The van der Waals surface area contributed by atoms with Crippen LogP contribution in [0.5, 0.6) is 0 Å². The van der Waals surface area contributed by atoms with Gasteiger partial charge in [-0.1, -0.05) is 6.42 Å². The minimum absolute atomic E-state index is 0.229. The lowest BCUT2D eigenvalue weighted by atomic mass is 9.63. The van der Waals surface area contributed by atoms with Crippen LogP contribution in [0.25, 0.3) is 10.9 Å². The molecule has 3 heterocycles. The highest BCUT2D eigenvalue weighted by molar-refractivity contribution is 5.94. The summed E-state index contributed by atoms with van der Waals surface area (Å²) in [5, 5.41) is 10.4. The molecule has 1 spiro atoms. The number of rotatable bonds is 1. The molecule has 1 saturated heterocycles. The smallest absolute Gasteiger partial charge is 0.268 e. The Balaban J connectivity index is 1.83. The average molecular weight is 308 g/mol. The Morgan fingerprint density at radius 1 is 1.30 bits per heavy atom. The molecule has 1 saturated carbocycles. The van der Waals surface area contributed by atoms with Crippen LogP contribution in [-0.4, -0.2) is 23.1 Å². The summed E-state index contributed by atoms with van der Waals surface area (Å²) >= 11 is 0. The van der Waals surface area contributed by atoms with Crippen LogP contribution in [-0.2, 0) is 0 Å². The van der Waals surface area contributed by atoms with Crippen LogP contribution >= 0.6 is 0 Å². The third kappa shape index (κ3) is 2.21. The van der Waals surface area contributed by atoms with E-state index in [9.17, 15) is 10.1 Å². The van der Waals surface area contributed by atoms with E-state index in [4.69, 9.17) is 0 Å². The number of hydrogen-bond donors (Lipinski definition) is 1. The monoisotopic (exact) mass is 308 g/mol. The molecule has 23 heavy (non-hydrogen) atoms. The number of nitriles is 1. The van der Waals surface area contributed by atoms with Crippen molar-refractivity contribution in [1.29, 1.82) is 5.26 Å². The second-order valence-corrected chi connectivity index (χ2v) is 7.00. The Bertz CT molecular complexity index is 863. The number of piperidine rings is 1. The number of nitrogens with zero attached hydrogens (tertiary/aromatic N) is 3. The van der Waals surface area contributed by atoms with Crippen LogP contribution in [0.4, 0.5) is 5.69 Å². The number of hydrogen-bond acceptors (Lipinski definition) is 4. The predicted octanol–water partition coefficient (Wildman–Crippen LogP) is 2.87. The Morgan fingerprint density at radius 3 is 2.65 bits per heavy atom. The number of anilines is 1. The summed E-state index contributed by atoms with van der Waals surface area (Å²) in [6, 6.07) is 4.08. The first-order valence-electron chi connectivity index (χ1n) is 8.30. The van der Waals surface area contributed by atoms with Gasteiger partial charge in [0.2, 0.25) is 0 Å². The van der Waals surface area contributed by atoms with Crippen molar-refractivity contribution in [3.8, 4) is 6.07 Å². The molecular weight excluding hydrogens is 288 g/mol. The molecule has 1 aliphatic heterocycles. The highest BCUT2D eigenvalue weighted by Crippen LogP contribution is 2.49. The van der Waals surface area contributed by atoms with E-state index in [1.807, 2.05) is 13.0 Å². The first kappa shape index (κ1) is 14.3. The maximum absolute atomic E-state index is 12.3. The molecule has 118 valence electrons. The molecule has 0 atom stereocenters. The van der Waals surface area contributed by atoms with E-state index in [1.165, 1.54) is 19.3 Å². The van der Waals surface area contributed by atoms with Gasteiger partial charge in [-0.25, -0.2) is 0 Å². The number of pyridine rings is 2. The van der Waals surface area contributed by atoms with Gasteiger partial charge in [-0.15, -0.1) is 0 Å². The Hall–Kier alpha value is -2.35. The lowest BCUT2D eigenvalue weighted by Crippen LogP contribution is -2.44. The molecule has 2 aliphatic rings. The minimum atomic E-state index is -0.315. The zero-order valence-corrected chi connectivity index (χ0v) is 13.4.